The molecule has 2 bridgehead atoms. The van der Waals surface area contributed by atoms with Gasteiger partial charge in [-0.05, 0) is 30.6 Å². The summed E-state index contributed by atoms with van der Waals surface area (Å²) in [4.78, 5) is 11.3. The van der Waals surface area contributed by atoms with Crippen LogP contribution < -0.4 is 5.73 Å². The largest absolute Gasteiger partial charge is 0.481 e. The monoisotopic (exact) mass is 183 g/mol. The van der Waals surface area contributed by atoms with Crippen LogP contribution in [0.3, 0.4) is 0 Å². The number of carboxylic acids is 1. The van der Waals surface area contributed by atoms with E-state index in [0.717, 1.165) is 19.3 Å². The lowest BCUT2D eigenvalue weighted by Crippen LogP contribution is -2.49. The highest BCUT2D eigenvalue weighted by atomic mass is 16.4. The molecule has 3 N–H and O–H groups in total. The molecule has 2 saturated carbocycles. The third-order valence-electron chi connectivity index (χ3n) is 4.61. The first-order valence-electron chi connectivity index (χ1n) is 4.92. The second-order valence-electron chi connectivity index (χ2n) is 5.08. The summed E-state index contributed by atoms with van der Waals surface area (Å²) in [6, 6.07) is -0.140. The molecule has 1 unspecified atom stereocenters. The van der Waals surface area contributed by atoms with E-state index in [9.17, 15) is 9.90 Å². The Morgan fingerprint density at radius 2 is 2.15 bits per heavy atom. The van der Waals surface area contributed by atoms with Crippen LogP contribution in [0.1, 0.15) is 33.1 Å². The van der Waals surface area contributed by atoms with E-state index in [0.29, 0.717) is 5.92 Å². The van der Waals surface area contributed by atoms with Gasteiger partial charge in [0.15, 0.2) is 0 Å². The normalized spacial score (nSPS) is 46.7. The third kappa shape index (κ3) is 0.766. The number of carbonyl (C=O) groups is 1. The molecule has 13 heavy (non-hydrogen) atoms. The second kappa shape index (κ2) is 2.27. The van der Waals surface area contributed by atoms with E-state index in [-0.39, 0.29) is 11.5 Å². The first kappa shape index (κ1) is 9.00. The predicted octanol–water partition coefficient (Wildman–Crippen LogP) is 1.22. The predicted molar refractivity (Wildman–Crippen MR) is 49.2 cm³/mol. The van der Waals surface area contributed by atoms with Crippen molar-refractivity contribution in [3.8, 4) is 0 Å². The lowest BCUT2D eigenvalue weighted by Gasteiger charge is -2.36. The molecule has 0 amide bonds. The number of rotatable bonds is 1. The molecule has 0 radical (unpaired) electrons. The molecular weight excluding hydrogens is 166 g/mol. The molecule has 0 aromatic heterocycles. The van der Waals surface area contributed by atoms with E-state index in [1.165, 1.54) is 0 Å². The van der Waals surface area contributed by atoms with Crippen LogP contribution in [0.4, 0.5) is 0 Å². The maximum absolute atomic E-state index is 11.3. The van der Waals surface area contributed by atoms with Gasteiger partial charge < -0.3 is 10.8 Å². The van der Waals surface area contributed by atoms with Gasteiger partial charge in [-0.3, -0.25) is 4.79 Å². The fourth-order valence-corrected chi connectivity index (χ4v) is 3.57. The molecule has 74 valence electrons. The van der Waals surface area contributed by atoms with Crippen molar-refractivity contribution < 1.29 is 9.90 Å². The number of aliphatic carboxylic acids is 1. The standard InChI is InChI=1S/C10H17NO2/c1-9(2)6-3-4-10(9,8(12)13)7(11)5-6/h6-7H,3-5,11H2,1-2H3,(H,12,13)/t6-,7?,10+/m0/s1. The molecule has 2 fully saturated rings. The summed E-state index contributed by atoms with van der Waals surface area (Å²) in [7, 11) is 0. The van der Waals surface area contributed by atoms with Gasteiger partial charge in [-0.15, -0.1) is 0 Å². The lowest BCUT2D eigenvalue weighted by molar-refractivity contribution is -0.154. The molecule has 2 rings (SSSR count). The van der Waals surface area contributed by atoms with Crippen molar-refractivity contribution in [2.24, 2.45) is 22.5 Å². The molecule has 0 heterocycles. The summed E-state index contributed by atoms with van der Waals surface area (Å²) in [6.45, 7) is 4.12. The topological polar surface area (TPSA) is 63.3 Å². The van der Waals surface area contributed by atoms with Gasteiger partial charge in [0.25, 0.3) is 0 Å². The molecule has 0 aliphatic heterocycles. The Morgan fingerprint density at radius 3 is 2.38 bits per heavy atom. The zero-order chi connectivity index (χ0) is 9.85. The lowest BCUT2D eigenvalue weighted by atomic mass is 9.68. The summed E-state index contributed by atoms with van der Waals surface area (Å²) in [6.07, 6.45) is 2.69. The summed E-state index contributed by atoms with van der Waals surface area (Å²) in [5.41, 5.74) is 5.20. The Kier molecular flexibility index (Phi) is 1.57. The van der Waals surface area contributed by atoms with Gasteiger partial charge in [0, 0.05) is 6.04 Å². The Bertz CT molecular complexity index is 262. The van der Waals surface area contributed by atoms with Crippen molar-refractivity contribution in [3.05, 3.63) is 0 Å². The SMILES string of the molecule is CC1(C)[C@H]2CC[C@]1(C(=O)O)C(N)C2. The maximum Gasteiger partial charge on any atom is 0.311 e. The summed E-state index contributed by atoms with van der Waals surface area (Å²) >= 11 is 0. The third-order valence-corrected chi connectivity index (χ3v) is 4.61. The zero-order valence-electron chi connectivity index (χ0n) is 8.21. The highest BCUT2D eigenvalue weighted by molar-refractivity contribution is 5.78. The smallest absolute Gasteiger partial charge is 0.311 e. The van der Waals surface area contributed by atoms with Gasteiger partial charge in [-0.1, -0.05) is 13.8 Å². The second-order valence-corrected chi connectivity index (χ2v) is 5.08. The Hall–Kier alpha value is -0.570. The summed E-state index contributed by atoms with van der Waals surface area (Å²) in [5.74, 6) is -0.177. The van der Waals surface area contributed by atoms with Crippen LogP contribution in [0.2, 0.25) is 0 Å². The number of nitrogens with two attached hydrogens (primary N) is 1. The van der Waals surface area contributed by atoms with Crippen molar-refractivity contribution in [2.75, 3.05) is 0 Å². The maximum atomic E-state index is 11.3. The Balaban J connectivity index is 2.49. The summed E-state index contributed by atoms with van der Waals surface area (Å²) < 4.78 is 0. The van der Waals surface area contributed by atoms with E-state index in [1.807, 2.05) is 0 Å². The first-order chi connectivity index (χ1) is 5.93. The van der Waals surface area contributed by atoms with Gasteiger partial charge in [-0.2, -0.15) is 0 Å². The minimum Gasteiger partial charge on any atom is -0.481 e. The van der Waals surface area contributed by atoms with E-state index in [4.69, 9.17) is 5.73 Å². The van der Waals surface area contributed by atoms with Gasteiger partial charge >= 0.3 is 5.97 Å². The summed E-state index contributed by atoms with van der Waals surface area (Å²) in [5, 5.41) is 9.32. The van der Waals surface area contributed by atoms with E-state index < -0.39 is 11.4 Å². The van der Waals surface area contributed by atoms with Crippen LogP contribution in [0, 0.1) is 16.7 Å². The molecule has 2 aliphatic carbocycles. The average Bonchev–Trinajstić information content (AvgIpc) is 2.35. The molecule has 3 atom stereocenters. The quantitative estimate of drug-likeness (QED) is 0.642. The minimum atomic E-state index is -0.690. The fraction of sp³-hybridized carbons (Fsp3) is 0.900. The van der Waals surface area contributed by atoms with Crippen LogP contribution in [0.15, 0.2) is 0 Å². The molecule has 0 aromatic rings. The van der Waals surface area contributed by atoms with Gasteiger partial charge in [0.1, 0.15) is 0 Å². The van der Waals surface area contributed by atoms with Crippen molar-refractivity contribution in [2.45, 2.75) is 39.2 Å². The minimum absolute atomic E-state index is 0.113. The highest BCUT2D eigenvalue weighted by Crippen LogP contribution is 2.65. The average molecular weight is 183 g/mol. The molecular formula is C10H17NO2. The highest BCUT2D eigenvalue weighted by Gasteiger charge is 2.67. The number of hydrogen-bond donors (Lipinski definition) is 2. The van der Waals surface area contributed by atoms with E-state index in [2.05, 4.69) is 13.8 Å². The van der Waals surface area contributed by atoms with Crippen LogP contribution in [-0.4, -0.2) is 17.1 Å². The molecule has 0 spiro atoms. The first-order valence-corrected chi connectivity index (χ1v) is 4.92. The molecule has 3 nitrogen and oxygen atoms in total. The molecule has 0 aromatic carbocycles. The van der Waals surface area contributed by atoms with Crippen LogP contribution >= 0.6 is 0 Å². The van der Waals surface area contributed by atoms with Crippen molar-refractivity contribution in [3.63, 3.8) is 0 Å². The molecule has 2 aliphatic rings. The fourth-order valence-electron chi connectivity index (χ4n) is 3.57. The Morgan fingerprint density at radius 1 is 1.54 bits per heavy atom. The van der Waals surface area contributed by atoms with Crippen molar-refractivity contribution in [1.82, 2.24) is 0 Å². The van der Waals surface area contributed by atoms with Gasteiger partial charge in [-0.25, -0.2) is 0 Å². The number of hydrogen-bond acceptors (Lipinski definition) is 2. The van der Waals surface area contributed by atoms with Gasteiger partial charge in [0.2, 0.25) is 0 Å². The number of fused-ring (bicyclic) bond motifs is 2. The van der Waals surface area contributed by atoms with Gasteiger partial charge in [0.05, 0.1) is 5.41 Å². The molecule has 3 heteroatoms. The van der Waals surface area contributed by atoms with Crippen LogP contribution in [0.5, 0.6) is 0 Å². The number of carboxylic acid groups (broad SMARTS) is 1. The zero-order valence-corrected chi connectivity index (χ0v) is 8.21. The molecule has 0 saturated heterocycles. The van der Waals surface area contributed by atoms with Crippen molar-refractivity contribution >= 4 is 5.97 Å². The van der Waals surface area contributed by atoms with E-state index in [1.54, 1.807) is 0 Å². The van der Waals surface area contributed by atoms with Crippen molar-refractivity contribution in [1.29, 1.82) is 0 Å². The van der Waals surface area contributed by atoms with Crippen LogP contribution in [0.25, 0.3) is 0 Å². The van der Waals surface area contributed by atoms with E-state index >= 15 is 0 Å². The Labute approximate surface area is 78.3 Å². The van der Waals surface area contributed by atoms with Crippen LogP contribution in [-0.2, 0) is 4.79 Å².